The highest BCUT2D eigenvalue weighted by Gasteiger charge is 2.11. The number of hydrogen-bond donors (Lipinski definition) is 1. The third kappa shape index (κ3) is 5.55. The number of amides is 1. The number of carbonyl (C=O) groups excluding carboxylic acids is 1. The second-order valence-electron chi connectivity index (χ2n) is 7.89. The first-order chi connectivity index (χ1) is 15.7. The van der Waals surface area contributed by atoms with Crippen molar-refractivity contribution < 1.29 is 9.53 Å². The van der Waals surface area contributed by atoms with E-state index in [1.54, 1.807) is 7.11 Å². The molecule has 0 spiro atoms. The van der Waals surface area contributed by atoms with Gasteiger partial charge >= 0.3 is 0 Å². The van der Waals surface area contributed by atoms with Crippen LogP contribution in [0.3, 0.4) is 0 Å². The Balaban J connectivity index is 1.35. The molecule has 1 N–H and O–H groups in total. The van der Waals surface area contributed by atoms with Crippen molar-refractivity contribution in [3.63, 3.8) is 0 Å². The van der Waals surface area contributed by atoms with Crippen molar-refractivity contribution >= 4 is 16.9 Å². The Hall–Kier alpha value is -3.60. The van der Waals surface area contributed by atoms with Crippen LogP contribution in [0.2, 0.25) is 0 Å². The maximum absolute atomic E-state index is 12.2. The average molecular weight is 428 g/mol. The number of nitrogens with one attached hydrogen (secondary N) is 1. The summed E-state index contributed by atoms with van der Waals surface area (Å²) in [7, 11) is 1.68. The quantitative estimate of drug-likeness (QED) is 0.371. The number of benzene rings is 3. The maximum atomic E-state index is 12.2. The van der Waals surface area contributed by atoms with Crippen LogP contribution in [0.1, 0.15) is 29.8 Å². The molecule has 0 aliphatic rings. The molecule has 4 rings (SSSR count). The highest BCUT2D eigenvalue weighted by atomic mass is 16.5. The zero-order valence-corrected chi connectivity index (χ0v) is 18.5. The van der Waals surface area contributed by atoms with E-state index in [-0.39, 0.29) is 5.91 Å². The molecular weight excluding hydrogens is 398 g/mol. The second kappa shape index (κ2) is 10.6. The number of fused-ring (bicyclic) bond motifs is 1. The summed E-state index contributed by atoms with van der Waals surface area (Å²) in [5.41, 5.74) is 4.52. The molecule has 3 aromatic carbocycles. The van der Waals surface area contributed by atoms with E-state index < -0.39 is 0 Å². The molecule has 32 heavy (non-hydrogen) atoms. The highest BCUT2D eigenvalue weighted by molar-refractivity contribution is 5.76. The van der Waals surface area contributed by atoms with Crippen LogP contribution >= 0.6 is 0 Å². The molecule has 0 atom stereocenters. The molecule has 5 heteroatoms. The Kier molecular flexibility index (Phi) is 7.18. The van der Waals surface area contributed by atoms with E-state index >= 15 is 0 Å². The number of methoxy groups -OCH3 is 1. The van der Waals surface area contributed by atoms with Gasteiger partial charge < -0.3 is 14.6 Å². The van der Waals surface area contributed by atoms with E-state index in [1.807, 2.05) is 42.5 Å². The van der Waals surface area contributed by atoms with E-state index in [0.29, 0.717) is 13.0 Å². The monoisotopic (exact) mass is 427 g/mol. The molecule has 0 aliphatic heterocycles. The number of ether oxygens (including phenoxy) is 1. The van der Waals surface area contributed by atoms with Crippen LogP contribution in [-0.4, -0.2) is 29.1 Å². The van der Waals surface area contributed by atoms with Crippen LogP contribution in [-0.2, 0) is 24.2 Å². The Morgan fingerprint density at radius 3 is 2.44 bits per heavy atom. The Morgan fingerprint density at radius 2 is 1.66 bits per heavy atom. The molecule has 0 aliphatic carbocycles. The molecule has 0 saturated carbocycles. The first kappa shape index (κ1) is 21.6. The van der Waals surface area contributed by atoms with Gasteiger partial charge in [0, 0.05) is 25.9 Å². The summed E-state index contributed by atoms with van der Waals surface area (Å²) in [6.45, 7) is 1.41. The summed E-state index contributed by atoms with van der Waals surface area (Å²) in [5, 5.41) is 3.05. The fourth-order valence-electron chi connectivity index (χ4n) is 3.87. The number of para-hydroxylation sites is 2. The number of carbonyl (C=O) groups is 1. The molecule has 0 radical (unpaired) electrons. The van der Waals surface area contributed by atoms with E-state index in [2.05, 4.69) is 46.3 Å². The van der Waals surface area contributed by atoms with E-state index in [1.165, 1.54) is 11.1 Å². The van der Waals surface area contributed by atoms with Crippen molar-refractivity contribution in [2.24, 2.45) is 0 Å². The third-order valence-corrected chi connectivity index (χ3v) is 5.62. The normalized spacial score (nSPS) is 10.9. The lowest BCUT2D eigenvalue weighted by Crippen LogP contribution is -2.25. The van der Waals surface area contributed by atoms with Crippen LogP contribution in [0.4, 0.5) is 0 Å². The fraction of sp³-hybridized carbons (Fsp3) is 0.259. The summed E-state index contributed by atoms with van der Waals surface area (Å²) in [6, 6.07) is 26.5. The van der Waals surface area contributed by atoms with Crippen LogP contribution in [0, 0.1) is 0 Å². The van der Waals surface area contributed by atoms with Crippen LogP contribution in [0.15, 0.2) is 78.9 Å². The van der Waals surface area contributed by atoms with Crippen LogP contribution < -0.4 is 10.1 Å². The topological polar surface area (TPSA) is 56.1 Å². The van der Waals surface area contributed by atoms with Gasteiger partial charge in [0.2, 0.25) is 5.91 Å². The second-order valence-corrected chi connectivity index (χ2v) is 7.89. The van der Waals surface area contributed by atoms with Crippen molar-refractivity contribution in [2.45, 2.75) is 32.2 Å². The van der Waals surface area contributed by atoms with Crippen molar-refractivity contribution in [3.8, 4) is 5.75 Å². The SMILES string of the molecule is COc1ccc(Cn2c(CCCNC(=O)CCc3ccccc3)nc3ccccc32)cc1. The first-order valence-corrected chi connectivity index (χ1v) is 11.1. The summed E-state index contributed by atoms with van der Waals surface area (Å²) >= 11 is 0. The minimum absolute atomic E-state index is 0.0978. The lowest BCUT2D eigenvalue weighted by Gasteiger charge is -2.11. The molecule has 164 valence electrons. The molecule has 1 heterocycles. The van der Waals surface area contributed by atoms with E-state index in [0.717, 1.165) is 48.4 Å². The molecule has 1 amide bonds. The predicted molar refractivity (Wildman–Crippen MR) is 128 cm³/mol. The maximum Gasteiger partial charge on any atom is 0.220 e. The molecule has 0 saturated heterocycles. The zero-order chi connectivity index (χ0) is 22.2. The average Bonchev–Trinajstić information content (AvgIpc) is 3.19. The van der Waals surface area contributed by atoms with Crippen LogP contribution in [0.25, 0.3) is 11.0 Å². The Bertz CT molecular complexity index is 1150. The van der Waals surface area contributed by atoms with Crippen molar-refractivity contribution in [3.05, 3.63) is 95.8 Å². The molecule has 4 aromatic rings. The number of aryl methyl sites for hydroxylation is 2. The zero-order valence-electron chi connectivity index (χ0n) is 18.5. The van der Waals surface area contributed by atoms with Gasteiger partial charge in [0.15, 0.2) is 0 Å². The minimum Gasteiger partial charge on any atom is -0.497 e. The number of imidazole rings is 1. The fourth-order valence-corrected chi connectivity index (χ4v) is 3.87. The van der Waals surface area contributed by atoms with Gasteiger partial charge in [-0.1, -0.05) is 54.6 Å². The van der Waals surface area contributed by atoms with Crippen molar-refractivity contribution in [2.75, 3.05) is 13.7 Å². The Morgan fingerprint density at radius 1 is 0.906 bits per heavy atom. The van der Waals surface area contributed by atoms with Gasteiger partial charge in [0.05, 0.1) is 18.1 Å². The summed E-state index contributed by atoms with van der Waals surface area (Å²) in [6.07, 6.45) is 2.94. The third-order valence-electron chi connectivity index (χ3n) is 5.62. The molecular formula is C27H29N3O2. The first-order valence-electron chi connectivity index (χ1n) is 11.1. The van der Waals surface area contributed by atoms with Gasteiger partial charge in [-0.25, -0.2) is 4.98 Å². The Labute approximate surface area is 189 Å². The molecule has 0 unspecified atom stereocenters. The summed E-state index contributed by atoms with van der Waals surface area (Å²) in [5.74, 6) is 1.99. The molecule has 5 nitrogen and oxygen atoms in total. The van der Waals surface area contributed by atoms with Gasteiger partial charge in [-0.3, -0.25) is 4.79 Å². The van der Waals surface area contributed by atoms with Crippen LogP contribution in [0.5, 0.6) is 5.75 Å². The van der Waals surface area contributed by atoms with E-state index in [9.17, 15) is 4.79 Å². The largest absolute Gasteiger partial charge is 0.497 e. The number of hydrogen-bond acceptors (Lipinski definition) is 3. The van der Waals surface area contributed by atoms with Gasteiger partial charge in [-0.15, -0.1) is 0 Å². The van der Waals surface area contributed by atoms with Gasteiger partial charge in [-0.05, 0) is 48.2 Å². The molecule has 1 aromatic heterocycles. The molecule has 0 fully saturated rings. The smallest absolute Gasteiger partial charge is 0.220 e. The lowest BCUT2D eigenvalue weighted by atomic mass is 10.1. The van der Waals surface area contributed by atoms with Crippen molar-refractivity contribution in [1.82, 2.24) is 14.9 Å². The summed E-state index contributed by atoms with van der Waals surface area (Å²) in [4.78, 5) is 17.0. The number of nitrogens with zero attached hydrogens (tertiary/aromatic N) is 2. The number of rotatable bonds is 10. The van der Waals surface area contributed by atoms with Gasteiger partial charge in [0.25, 0.3) is 0 Å². The van der Waals surface area contributed by atoms with Gasteiger partial charge in [0.1, 0.15) is 11.6 Å². The number of aromatic nitrogens is 2. The predicted octanol–water partition coefficient (Wildman–Crippen LogP) is 4.77. The minimum atomic E-state index is 0.0978. The summed E-state index contributed by atoms with van der Waals surface area (Å²) < 4.78 is 7.54. The van der Waals surface area contributed by atoms with E-state index in [4.69, 9.17) is 9.72 Å². The van der Waals surface area contributed by atoms with Crippen molar-refractivity contribution in [1.29, 1.82) is 0 Å². The standard InChI is InChI=1S/C27H29N3O2/c1-32-23-16-13-22(14-17-23)20-30-25-11-6-5-10-24(25)29-26(30)12-7-19-28-27(31)18-15-21-8-3-2-4-9-21/h2-6,8-11,13-14,16-17H,7,12,15,18-20H2,1H3,(H,28,31). The lowest BCUT2D eigenvalue weighted by molar-refractivity contribution is -0.121. The van der Waals surface area contributed by atoms with Gasteiger partial charge in [-0.2, -0.15) is 0 Å². The highest BCUT2D eigenvalue weighted by Crippen LogP contribution is 2.20. The molecule has 0 bridgehead atoms.